The maximum atomic E-state index is 13.1. The Morgan fingerprint density at radius 1 is 1.00 bits per heavy atom. The zero-order valence-corrected chi connectivity index (χ0v) is 19.7. The van der Waals surface area contributed by atoms with Gasteiger partial charge in [-0.3, -0.25) is 9.59 Å². The monoisotopic (exact) mass is 477 g/mol. The minimum atomic E-state index is -1.02. The van der Waals surface area contributed by atoms with Gasteiger partial charge in [0, 0.05) is 18.2 Å². The molecule has 0 radical (unpaired) electrons. The number of aliphatic carboxylic acids is 1. The molecular weight excluding hydrogens is 450 g/mol. The summed E-state index contributed by atoms with van der Waals surface area (Å²) in [5.74, 6) is -1.37. The van der Waals surface area contributed by atoms with Gasteiger partial charge < -0.3 is 15.7 Å². The van der Waals surface area contributed by atoms with E-state index in [0.29, 0.717) is 23.6 Å². The number of nitrogens with one attached hydrogen (secondary N) is 2. The number of carbonyl (C=O) groups is 3. The predicted molar refractivity (Wildman–Crippen MR) is 132 cm³/mol. The molecule has 34 heavy (non-hydrogen) atoms. The first-order valence-corrected chi connectivity index (χ1v) is 12.2. The summed E-state index contributed by atoms with van der Waals surface area (Å²) >= 11 is 1.23. The molecule has 1 saturated carbocycles. The molecule has 1 aliphatic rings. The standard InChI is InChI=1S/C26H27N3O4S/c1-27-23(30)19-13-11-17(12-14-19)21-22(18-9-3-2-4-10-18)34-25(29-21)24(31)28-20(26(32)33)15-16-7-5-6-8-16/h2-4,9-14,16,20H,5-8,15H2,1H3,(H,27,30)(H,28,31)(H,32,33)/t20-/m1/s1. The van der Waals surface area contributed by atoms with Gasteiger partial charge in [-0.25, -0.2) is 9.78 Å². The quantitative estimate of drug-likeness (QED) is 0.439. The van der Waals surface area contributed by atoms with Crippen LogP contribution in [-0.4, -0.2) is 41.0 Å². The number of aromatic nitrogens is 1. The summed E-state index contributed by atoms with van der Waals surface area (Å²) < 4.78 is 0. The van der Waals surface area contributed by atoms with Crippen LogP contribution in [0.3, 0.4) is 0 Å². The van der Waals surface area contributed by atoms with Crippen LogP contribution < -0.4 is 10.6 Å². The maximum absolute atomic E-state index is 13.1. The van der Waals surface area contributed by atoms with E-state index in [1.54, 1.807) is 31.3 Å². The first-order chi connectivity index (χ1) is 16.5. The molecule has 0 aliphatic heterocycles. The van der Waals surface area contributed by atoms with Crippen LogP contribution in [0.1, 0.15) is 52.3 Å². The van der Waals surface area contributed by atoms with E-state index in [1.165, 1.54) is 11.3 Å². The molecule has 176 valence electrons. The second-order valence-electron chi connectivity index (χ2n) is 8.47. The van der Waals surface area contributed by atoms with E-state index in [-0.39, 0.29) is 10.9 Å². The smallest absolute Gasteiger partial charge is 0.326 e. The molecule has 3 aromatic rings. The van der Waals surface area contributed by atoms with Gasteiger partial charge in [-0.15, -0.1) is 11.3 Å². The van der Waals surface area contributed by atoms with Crippen LogP contribution in [0.15, 0.2) is 54.6 Å². The van der Waals surface area contributed by atoms with Gasteiger partial charge in [-0.1, -0.05) is 68.1 Å². The number of amides is 2. The summed E-state index contributed by atoms with van der Waals surface area (Å²) in [6, 6.07) is 15.7. The zero-order chi connectivity index (χ0) is 24.1. The molecule has 0 spiro atoms. The van der Waals surface area contributed by atoms with Crippen molar-refractivity contribution in [1.29, 1.82) is 0 Å². The van der Waals surface area contributed by atoms with E-state index in [9.17, 15) is 19.5 Å². The van der Waals surface area contributed by atoms with Crippen molar-refractivity contribution in [3.8, 4) is 21.7 Å². The SMILES string of the molecule is CNC(=O)c1ccc(-c2nc(C(=O)N[C@H](CC3CCCC3)C(=O)O)sc2-c2ccccc2)cc1. The molecule has 0 unspecified atom stereocenters. The molecule has 2 aromatic carbocycles. The predicted octanol–water partition coefficient (Wildman–Crippen LogP) is 4.60. The highest BCUT2D eigenvalue weighted by atomic mass is 32.1. The molecule has 2 amide bonds. The lowest BCUT2D eigenvalue weighted by atomic mass is 9.98. The highest BCUT2D eigenvalue weighted by Gasteiger charge is 2.28. The Morgan fingerprint density at radius 2 is 1.68 bits per heavy atom. The number of rotatable bonds is 8. The first-order valence-electron chi connectivity index (χ1n) is 11.4. The molecule has 1 fully saturated rings. The first kappa shape index (κ1) is 23.6. The van der Waals surface area contributed by atoms with Crippen molar-refractivity contribution in [2.24, 2.45) is 5.92 Å². The maximum Gasteiger partial charge on any atom is 0.326 e. The fraction of sp³-hybridized carbons (Fsp3) is 0.308. The Morgan fingerprint density at radius 3 is 2.29 bits per heavy atom. The summed E-state index contributed by atoms with van der Waals surface area (Å²) in [5, 5.41) is 15.2. The Labute approximate surface area is 202 Å². The fourth-order valence-electron chi connectivity index (χ4n) is 4.34. The van der Waals surface area contributed by atoms with Gasteiger partial charge in [0.05, 0.1) is 10.6 Å². The second-order valence-corrected chi connectivity index (χ2v) is 9.47. The molecule has 1 aromatic heterocycles. The van der Waals surface area contributed by atoms with E-state index < -0.39 is 17.9 Å². The lowest BCUT2D eigenvalue weighted by Gasteiger charge is -2.17. The van der Waals surface area contributed by atoms with Gasteiger partial charge >= 0.3 is 5.97 Å². The van der Waals surface area contributed by atoms with Crippen LogP contribution in [0.5, 0.6) is 0 Å². The third kappa shape index (κ3) is 5.34. The lowest BCUT2D eigenvalue weighted by Crippen LogP contribution is -2.41. The van der Waals surface area contributed by atoms with Gasteiger partial charge in [0.15, 0.2) is 5.01 Å². The van der Waals surface area contributed by atoms with Gasteiger partial charge in [-0.05, 0) is 30.0 Å². The largest absolute Gasteiger partial charge is 0.480 e. The van der Waals surface area contributed by atoms with Crippen molar-refractivity contribution in [2.75, 3.05) is 7.05 Å². The average molecular weight is 478 g/mol. The molecule has 0 bridgehead atoms. The third-order valence-corrected chi connectivity index (χ3v) is 7.26. The molecule has 4 rings (SSSR count). The third-order valence-electron chi connectivity index (χ3n) is 6.15. The summed E-state index contributed by atoms with van der Waals surface area (Å²) in [6.07, 6.45) is 4.67. The summed E-state index contributed by atoms with van der Waals surface area (Å²) in [6.45, 7) is 0. The van der Waals surface area contributed by atoms with Crippen molar-refractivity contribution in [3.63, 3.8) is 0 Å². The van der Waals surface area contributed by atoms with Crippen molar-refractivity contribution >= 4 is 29.1 Å². The zero-order valence-electron chi connectivity index (χ0n) is 18.9. The van der Waals surface area contributed by atoms with Crippen LogP contribution in [0, 0.1) is 5.92 Å². The minimum Gasteiger partial charge on any atom is -0.480 e. The number of thiazole rings is 1. The number of benzene rings is 2. The Balaban J connectivity index is 1.64. The Hall–Kier alpha value is -3.52. The lowest BCUT2D eigenvalue weighted by molar-refractivity contribution is -0.139. The molecule has 0 saturated heterocycles. The molecule has 7 nitrogen and oxygen atoms in total. The van der Waals surface area contributed by atoms with Crippen molar-refractivity contribution in [1.82, 2.24) is 15.6 Å². The molecule has 1 aliphatic carbocycles. The number of carboxylic acids is 1. The van der Waals surface area contributed by atoms with Crippen LogP contribution in [0.25, 0.3) is 21.7 Å². The molecule has 8 heteroatoms. The van der Waals surface area contributed by atoms with Crippen molar-refractivity contribution in [2.45, 2.75) is 38.1 Å². The topological polar surface area (TPSA) is 108 Å². The van der Waals surface area contributed by atoms with Crippen LogP contribution >= 0.6 is 11.3 Å². The van der Waals surface area contributed by atoms with E-state index in [2.05, 4.69) is 15.6 Å². The van der Waals surface area contributed by atoms with Crippen molar-refractivity contribution in [3.05, 3.63) is 65.2 Å². The van der Waals surface area contributed by atoms with E-state index in [1.807, 2.05) is 30.3 Å². The molecule has 1 heterocycles. The highest BCUT2D eigenvalue weighted by molar-refractivity contribution is 7.17. The molecule has 3 N–H and O–H groups in total. The van der Waals surface area contributed by atoms with Gasteiger partial charge in [0.2, 0.25) is 0 Å². The van der Waals surface area contributed by atoms with E-state index >= 15 is 0 Å². The molecular formula is C26H27N3O4S. The Bertz CT molecular complexity index is 1170. The van der Waals surface area contributed by atoms with Crippen LogP contribution in [-0.2, 0) is 4.79 Å². The van der Waals surface area contributed by atoms with Crippen LogP contribution in [0.4, 0.5) is 0 Å². The number of hydrogen-bond donors (Lipinski definition) is 3. The second kappa shape index (κ2) is 10.6. The highest BCUT2D eigenvalue weighted by Crippen LogP contribution is 2.37. The minimum absolute atomic E-state index is 0.185. The van der Waals surface area contributed by atoms with E-state index in [4.69, 9.17) is 0 Å². The van der Waals surface area contributed by atoms with Crippen LogP contribution in [0.2, 0.25) is 0 Å². The number of hydrogen-bond acceptors (Lipinski definition) is 5. The summed E-state index contributed by atoms with van der Waals surface area (Å²) in [4.78, 5) is 42.2. The van der Waals surface area contributed by atoms with Gasteiger partial charge in [-0.2, -0.15) is 0 Å². The molecule has 1 atom stereocenters. The van der Waals surface area contributed by atoms with Gasteiger partial charge in [0.25, 0.3) is 11.8 Å². The van der Waals surface area contributed by atoms with Gasteiger partial charge in [0.1, 0.15) is 6.04 Å². The van der Waals surface area contributed by atoms with Crippen molar-refractivity contribution < 1.29 is 19.5 Å². The normalized spacial score (nSPS) is 14.5. The average Bonchev–Trinajstić information content (AvgIpc) is 3.54. The number of carboxylic acid groups (broad SMARTS) is 1. The van der Waals surface area contributed by atoms with E-state index in [0.717, 1.165) is 41.7 Å². The number of carbonyl (C=O) groups excluding carboxylic acids is 2. The summed E-state index contributed by atoms with van der Waals surface area (Å²) in [7, 11) is 1.58. The number of nitrogens with zero attached hydrogens (tertiary/aromatic N) is 1. The Kier molecular flexibility index (Phi) is 7.37. The summed E-state index contributed by atoms with van der Waals surface area (Å²) in [5.41, 5.74) is 2.82. The fourth-order valence-corrected chi connectivity index (χ4v) is 5.34.